The Kier molecular flexibility index (Phi) is 3.97. The van der Waals surface area contributed by atoms with Gasteiger partial charge >= 0.3 is 0 Å². The third-order valence-electron chi connectivity index (χ3n) is 4.00. The number of hydrogen-bond donors (Lipinski definition) is 2. The van der Waals surface area contributed by atoms with Crippen LogP contribution in [0.3, 0.4) is 0 Å². The summed E-state index contributed by atoms with van der Waals surface area (Å²) < 4.78 is 0. The Balaban J connectivity index is 1.88. The van der Waals surface area contributed by atoms with Gasteiger partial charge in [0.15, 0.2) is 0 Å². The highest BCUT2D eigenvalue weighted by Gasteiger charge is 2.32. The van der Waals surface area contributed by atoms with E-state index in [1.165, 1.54) is 0 Å². The van der Waals surface area contributed by atoms with Gasteiger partial charge in [0.25, 0.3) is 0 Å². The number of rotatable bonds is 3. The zero-order valence-corrected chi connectivity index (χ0v) is 10.9. The van der Waals surface area contributed by atoms with Crippen LogP contribution in [-0.4, -0.2) is 17.4 Å². The zero-order valence-electron chi connectivity index (χ0n) is 10.9. The summed E-state index contributed by atoms with van der Waals surface area (Å²) in [6, 6.07) is 3.62. The van der Waals surface area contributed by atoms with Gasteiger partial charge in [-0.1, -0.05) is 6.92 Å². The molecule has 0 bridgehead atoms. The molecule has 1 aliphatic rings. The molecule has 4 nitrogen and oxygen atoms in total. The molecule has 4 heteroatoms. The molecule has 1 aromatic rings. The zero-order chi connectivity index (χ0) is 13.0. The molecule has 2 rings (SSSR count). The lowest BCUT2D eigenvalue weighted by Crippen LogP contribution is -2.35. The van der Waals surface area contributed by atoms with Crippen LogP contribution in [-0.2, 0) is 4.79 Å². The minimum Gasteiger partial charge on any atom is -0.330 e. The molecule has 0 unspecified atom stereocenters. The van der Waals surface area contributed by atoms with Crippen LogP contribution in [0.15, 0.2) is 24.5 Å². The Labute approximate surface area is 108 Å². The van der Waals surface area contributed by atoms with E-state index in [-0.39, 0.29) is 17.2 Å². The fourth-order valence-electron chi connectivity index (χ4n) is 2.46. The fourth-order valence-corrected chi connectivity index (χ4v) is 2.46. The van der Waals surface area contributed by atoms with Crippen molar-refractivity contribution in [1.29, 1.82) is 0 Å². The maximum absolute atomic E-state index is 12.1. The summed E-state index contributed by atoms with van der Waals surface area (Å²) >= 11 is 0. The average Bonchev–Trinajstić information content (AvgIpc) is 2.40. The number of carbonyl (C=O) groups excluding carboxylic acids is 1. The standard InChI is InChI=1S/C14H21N3O/c1-14(10-15)6-2-11(3-7-14)13(18)17-12-4-8-16-9-5-12/h4-5,8-9,11H,2-3,6-7,10,15H2,1H3,(H,16,17,18)/t11-,14-. The number of pyridine rings is 1. The number of nitrogens with zero attached hydrogens (tertiary/aromatic N) is 1. The molecule has 1 aliphatic carbocycles. The van der Waals surface area contributed by atoms with Crippen molar-refractivity contribution < 1.29 is 4.79 Å². The number of anilines is 1. The number of carbonyl (C=O) groups is 1. The molecule has 0 radical (unpaired) electrons. The second kappa shape index (κ2) is 5.48. The number of aromatic nitrogens is 1. The second-order valence-corrected chi connectivity index (χ2v) is 5.51. The molecular weight excluding hydrogens is 226 g/mol. The van der Waals surface area contributed by atoms with Gasteiger partial charge in [0.1, 0.15) is 0 Å². The lowest BCUT2D eigenvalue weighted by molar-refractivity contribution is -0.121. The third kappa shape index (κ3) is 3.07. The molecule has 0 saturated heterocycles. The van der Waals surface area contributed by atoms with Crippen molar-refractivity contribution in [3.8, 4) is 0 Å². The minimum atomic E-state index is 0.123. The first-order valence-corrected chi connectivity index (χ1v) is 6.54. The smallest absolute Gasteiger partial charge is 0.227 e. The summed E-state index contributed by atoms with van der Waals surface area (Å²) in [5.41, 5.74) is 6.83. The molecule has 3 N–H and O–H groups in total. The molecule has 1 heterocycles. The Morgan fingerprint density at radius 1 is 1.44 bits per heavy atom. The molecule has 1 aromatic heterocycles. The van der Waals surface area contributed by atoms with Gasteiger partial charge in [-0.05, 0) is 49.8 Å². The number of hydrogen-bond acceptors (Lipinski definition) is 3. The van der Waals surface area contributed by atoms with Crippen molar-refractivity contribution in [1.82, 2.24) is 4.98 Å². The molecule has 1 fully saturated rings. The summed E-state index contributed by atoms with van der Waals surface area (Å²) in [5, 5.41) is 2.95. The first-order valence-electron chi connectivity index (χ1n) is 6.54. The summed E-state index contributed by atoms with van der Waals surface area (Å²) in [7, 11) is 0. The van der Waals surface area contributed by atoms with Crippen molar-refractivity contribution in [2.45, 2.75) is 32.6 Å². The number of nitrogens with two attached hydrogens (primary N) is 1. The predicted octanol–water partition coefficient (Wildman–Crippen LogP) is 2.18. The van der Waals surface area contributed by atoms with E-state index in [4.69, 9.17) is 5.73 Å². The van der Waals surface area contributed by atoms with Gasteiger partial charge in [0.05, 0.1) is 0 Å². The second-order valence-electron chi connectivity index (χ2n) is 5.51. The summed E-state index contributed by atoms with van der Waals surface area (Å²) in [4.78, 5) is 16.0. The largest absolute Gasteiger partial charge is 0.330 e. The Morgan fingerprint density at radius 2 is 2.06 bits per heavy atom. The molecule has 98 valence electrons. The van der Waals surface area contributed by atoms with Crippen LogP contribution in [0.1, 0.15) is 32.6 Å². The normalized spacial score (nSPS) is 27.8. The Morgan fingerprint density at radius 3 is 2.61 bits per heavy atom. The maximum atomic E-state index is 12.1. The van der Waals surface area contributed by atoms with Crippen LogP contribution >= 0.6 is 0 Å². The highest BCUT2D eigenvalue weighted by molar-refractivity contribution is 5.92. The minimum absolute atomic E-state index is 0.123. The van der Waals surface area contributed by atoms with E-state index in [2.05, 4.69) is 17.2 Å². The lowest BCUT2D eigenvalue weighted by Gasteiger charge is -2.35. The average molecular weight is 247 g/mol. The molecule has 0 atom stereocenters. The topological polar surface area (TPSA) is 68.0 Å². The third-order valence-corrected chi connectivity index (χ3v) is 4.00. The van der Waals surface area contributed by atoms with E-state index in [0.29, 0.717) is 6.54 Å². The summed E-state index contributed by atoms with van der Waals surface area (Å²) in [5.74, 6) is 0.248. The quantitative estimate of drug-likeness (QED) is 0.860. The van der Waals surface area contributed by atoms with Crippen molar-refractivity contribution in [2.24, 2.45) is 17.1 Å². The van der Waals surface area contributed by atoms with Crippen LogP contribution in [0.25, 0.3) is 0 Å². The molecule has 1 saturated carbocycles. The van der Waals surface area contributed by atoms with Crippen molar-refractivity contribution in [2.75, 3.05) is 11.9 Å². The Hall–Kier alpha value is -1.42. The summed E-state index contributed by atoms with van der Waals surface area (Å²) in [6.45, 7) is 2.93. The van der Waals surface area contributed by atoms with Gasteiger partial charge in [-0.2, -0.15) is 0 Å². The first kappa shape index (κ1) is 13.0. The van der Waals surface area contributed by atoms with E-state index in [9.17, 15) is 4.79 Å². The van der Waals surface area contributed by atoms with Crippen molar-refractivity contribution in [3.05, 3.63) is 24.5 Å². The van der Waals surface area contributed by atoms with Crippen LogP contribution < -0.4 is 11.1 Å². The van der Waals surface area contributed by atoms with Gasteiger partial charge in [0, 0.05) is 24.0 Å². The van der Waals surface area contributed by atoms with Crippen molar-refractivity contribution in [3.63, 3.8) is 0 Å². The highest BCUT2D eigenvalue weighted by Crippen LogP contribution is 2.38. The molecule has 0 aliphatic heterocycles. The molecule has 1 amide bonds. The van der Waals surface area contributed by atoms with Gasteiger partial charge < -0.3 is 11.1 Å². The van der Waals surface area contributed by atoms with E-state index < -0.39 is 0 Å². The monoisotopic (exact) mass is 247 g/mol. The number of amides is 1. The van der Waals surface area contributed by atoms with Gasteiger partial charge in [-0.25, -0.2) is 0 Å². The summed E-state index contributed by atoms with van der Waals surface area (Å²) in [6.07, 6.45) is 7.31. The molecule has 0 spiro atoms. The van der Waals surface area contributed by atoms with Gasteiger partial charge in [0.2, 0.25) is 5.91 Å². The van der Waals surface area contributed by atoms with E-state index in [1.807, 2.05) is 12.1 Å². The Bertz CT molecular complexity index is 397. The van der Waals surface area contributed by atoms with Crippen LogP contribution in [0.5, 0.6) is 0 Å². The van der Waals surface area contributed by atoms with E-state index in [1.54, 1.807) is 12.4 Å². The number of nitrogens with one attached hydrogen (secondary N) is 1. The first-order chi connectivity index (χ1) is 8.63. The van der Waals surface area contributed by atoms with E-state index in [0.717, 1.165) is 31.4 Å². The molecule has 18 heavy (non-hydrogen) atoms. The highest BCUT2D eigenvalue weighted by atomic mass is 16.1. The van der Waals surface area contributed by atoms with Crippen LogP contribution in [0, 0.1) is 11.3 Å². The molecular formula is C14H21N3O. The maximum Gasteiger partial charge on any atom is 0.227 e. The predicted molar refractivity (Wildman–Crippen MR) is 72.0 cm³/mol. The van der Waals surface area contributed by atoms with Gasteiger partial charge in [-0.15, -0.1) is 0 Å². The van der Waals surface area contributed by atoms with Crippen molar-refractivity contribution >= 4 is 11.6 Å². The van der Waals surface area contributed by atoms with Crippen LogP contribution in [0.2, 0.25) is 0 Å². The SMILES string of the molecule is C[C@]1(CN)CC[C@H](C(=O)Nc2ccncc2)CC1. The lowest BCUT2D eigenvalue weighted by atomic mass is 9.71. The fraction of sp³-hybridized carbons (Fsp3) is 0.571. The van der Waals surface area contributed by atoms with Crippen LogP contribution in [0.4, 0.5) is 5.69 Å². The van der Waals surface area contributed by atoms with Gasteiger partial charge in [-0.3, -0.25) is 9.78 Å². The molecule has 0 aromatic carbocycles. The van der Waals surface area contributed by atoms with E-state index >= 15 is 0 Å².